The number of esters is 1. The van der Waals surface area contributed by atoms with Crippen LogP contribution in [0.4, 0.5) is 5.69 Å². The van der Waals surface area contributed by atoms with E-state index in [1.165, 1.54) is 12.1 Å². The predicted molar refractivity (Wildman–Crippen MR) is 96.3 cm³/mol. The number of rotatable bonds is 7. The van der Waals surface area contributed by atoms with Crippen LogP contribution in [0.25, 0.3) is 0 Å². The number of carbonyl (C=O) groups is 2. The van der Waals surface area contributed by atoms with E-state index < -0.39 is 11.9 Å². The molecule has 0 bridgehead atoms. The van der Waals surface area contributed by atoms with Crippen LogP contribution in [0.2, 0.25) is 0 Å². The zero-order valence-electron chi connectivity index (χ0n) is 15.0. The molecule has 7 heteroatoms. The van der Waals surface area contributed by atoms with Crippen molar-refractivity contribution in [2.24, 2.45) is 16.0 Å². The smallest absolute Gasteiger partial charge is 0.311 e. The van der Waals surface area contributed by atoms with Crippen LogP contribution in [-0.2, 0) is 14.3 Å². The molecule has 0 saturated carbocycles. The van der Waals surface area contributed by atoms with E-state index in [1.807, 2.05) is 6.92 Å². The molecule has 0 saturated heterocycles. The first-order valence-corrected chi connectivity index (χ1v) is 8.15. The molecule has 0 fully saturated rings. The largest absolute Gasteiger partial charge is 0.497 e. The van der Waals surface area contributed by atoms with Crippen molar-refractivity contribution in [1.82, 2.24) is 0 Å². The van der Waals surface area contributed by atoms with Crippen molar-refractivity contribution in [1.29, 1.82) is 0 Å². The summed E-state index contributed by atoms with van der Waals surface area (Å²) in [6.07, 6.45) is 0.836. The van der Waals surface area contributed by atoms with Crippen LogP contribution in [-0.4, -0.2) is 44.1 Å². The minimum absolute atomic E-state index is 0.0431. The monoisotopic (exact) mass is 345 g/mol. The molecular weight excluding hydrogens is 322 g/mol. The highest BCUT2D eigenvalue weighted by molar-refractivity contribution is 6.30. The summed E-state index contributed by atoms with van der Waals surface area (Å²) in [4.78, 5) is 29.0. The maximum atomic E-state index is 12.9. The lowest BCUT2D eigenvalue weighted by atomic mass is 9.96. The van der Waals surface area contributed by atoms with Crippen molar-refractivity contribution in [3.05, 3.63) is 24.3 Å². The molecular formula is C18H23N3O4. The second-order valence-corrected chi connectivity index (χ2v) is 5.65. The molecule has 25 heavy (non-hydrogen) atoms. The fourth-order valence-corrected chi connectivity index (χ4v) is 2.57. The number of anilines is 1. The van der Waals surface area contributed by atoms with Crippen molar-refractivity contribution < 1.29 is 19.1 Å². The van der Waals surface area contributed by atoms with Crippen LogP contribution in [0.3, 0.4) is 0 Å². The summed E-state index contributed by atoms with van der Waals surface area (Å²) in [5.41, 5.74) is 1.72. The summed E-state index contributed by atoms with van der Waals surface area (Å²) in [6.45, 7) is 4.44. The molecule has 134 valence electrons. The average Bonchev–Trinajstić information content (AvgIpc) is 2.95. The number of hydrogen-bond acceptors (Lipinski definition) is 6. The highest BCUT2D eigenvalue weighted by Gasteiger charge is 2.39. The van der Waals surface area contributed by atoms with Gasteiger partial charge in [-0.3, -0.25) is 14.6 Å². The molecule has 1 aliphatic rings. The number of nitrogens with zero attached hydrogens (tertiary/aromatic N) is 3. The van der Waals surface area contributed by atoms with Gasteiger partial charge in [0.25, 0.3) is 5.91 Å². The first-order chi connectivity index (χ1) is 12.0. The lowest BCUT2D eigenvalue weighted by molar-refractivity contribution is -0.139. The fourth-order valence-electron chi connectivity index (χ4n) is 2.57. The highest BCUT2D eigenvalue weighted by atomic mass is 16.5. The van der Waals surface area contributed by atoms with Crippen LogP contribution < -0.4 is 9.75 Å². The number of carbonyl (C=O) groups excluding carboxylic acids is 2. The molecule has 1 aromatic rings. The molecule has 0 aliphatic carbocycles. The predicted octanol–water partition coefficient (Wildman–Crippen LogP) is 2.45. The third-order valence-corrected chi connectivity index (χ3v) is 3.89. The van der Waals surface area contributed by atoms with Crippen molar-refractivity contribution >= 4 is 29.0 Å². The number of methoxy groups -OCH3 is 2. The van der Waals surface area contributed by atoms with Gasteiger partial charge in [-0.1, -0.05) is 6.92 Å². The van der Waals surface area contributed by atoms with Crippen LogP contribution in [0, 0.1) is 5.92 Å². The molecule has 1 aliphatic heterocycles. The van der Waals surface area contributed by atoms with E-state index in [4.69, 9.17) is 9.47 Å². The van der Waals surface area contributed by atoms with Gasteiger partial charge in [0, 0.05) is 12.3 Å². The SMILES string of the molecule is CCCN=C(C)C1C(=O)N(c2ccc(OC)cc2)N=C1CC(=O)OC. The van der Waals surface area contributed by atoms with Gasteiger partial charge in [0.1, 0.15) is 11.7 Å². The Bertz CT molecular complexity index is 695. The van der Waals surface area contributed by atoms with Gasteiger partial charge in [0.15, 0.2) is 0 Å². The standard InChI is InChI=1S/C18H23N3O4/c1-5-10-19-12(2)17-15(11-16(22)25-4)20-21(18(17)23)13-6-8-14(24-3)9-7-13/h6-9,17H,5,10-11H2,1-4H3. The van der Waals surface area contributed by atoms with Crippen LogP contribution in [0.5, 0.6) is 5.75 Å². The Kier molecular flexibility index (Phi) is 6.27. The summed E-state index contributed by atoms with van der Waals surface area (Å²) in [7, 11) is 2.89. The van der Waals surface area contributed by atoms with E-state index in [9.17, 15) is 9.59 Å². The molecule has 0 radical (unpaired) electrons. The molecule has 0 spiro atoms. The van der Waals surface area contributed by atoms with E-state index in [0.29, 0.717) is 29.4 Å². The van der Waals surface area contributed by atoms with Gasteiger partial charge >= 0.3 is 5.97 Å². The Morgan fingerprint density at radius 3 is 2.52 bits per heavy atom. The van der Waals surface area contributed by atoms with Crippen LogP contribution >= 0.6 is 0 Å². The Morgan fingerprint density at radius 1 is 1.28 bits per heavy atom. The zero-order valence-corrected chi connectivity index (χ0v) is 15.0. The first kappa shape index (κ1) is 18.6. The lowest BCUT2D eigenvalue weighted by Gasteiger charge is -2.15. The lowest BCUT2D eigenvalue weighted by Crippen LogP contribution is -2.33. The van der Waals surface area contributed by atoms with Gasteiger partial charge in [-0.05, 0) is 37.6 Å². The number of benzene rings is 1. The van der Waals surface area contributed by atoms with Crippen LogP contribution in [0.15, 0.2) is 34.4 Å². The number of amides is 1. The molecule has 1 aromatic carbocycles. The summed E-state index contributed by atoms with van der Waals surface area (Å²) >= 11 is 0. The van der Waals surface area contributed by atoms with E-state index in [-0.39, 0.29) is 12.3 Å². The van der Waals surface area contributed by atoms with Gasteiger partial charge in [-0.15, -0.1) is 0 Å². The Labute approximate surface area is 147 Å². The third-order valence-electron chi connectivity index (χ3n) is 3.89. The third kappa shape index (κ3) is 4.23. The topological polar surface area (TPSA) is 80.6 Å². The number of aliphatic imine (C=N–C) groups is 1. The fraction of sp³-hybridized carbons (Fsp3) is 0.444. The highest BCUT2D eigenvalue weighted by Crippen LogP contribution is 2.27. The summed E-state index contributed by atoms with van der Waals surface area (Å²) in [6, 6.07) is 7.00. The number of ether oxygens (including phenoxy) is 2. The van der Waals surface area contributed by atoms with E-state index in [0.717, 1.165) is 6.42 Å². The minimum Gasteiger partial charge on any atom is -0.497 e. The van der Waals surface area contributed by atoms with Gasteiger partial charge < -0.3 is 9.47 Å². The molecule has 7 nitrogen and oxygen atoms in total. The van der Waals surface area contributed by atoms with E-state index >= 15 is 0 Å². The molecule has 1 unspecified atom stereocenters. The van der Waals surface area contributed by atoms with Gasteiger partial charge in [0.2, 0.25) is 0 Å². The summed E-state index contributed by atoms with van der Waals surface area (Å²) in [5, 5.41) is 5.68. The quantitative estimate of drug-likeness (QED) is 0.561. The maximum absolute atomic E-state index is 12.9. The summed E-state index contributed by atoms with van der Waals surface area (Å²) < 4.78 is 9.85. The molecule has 1 amide bonds. The van der Waals surface area contributed by atoms with Gasteiger partial charge in [-0.2, -0.15) is 10.1 Å². The zero-order chi connectivity index (χ0) is 18.4. The minimum atomic E-state index is -0.632. The molecule has 2 rings (SSSR count). The van der Waals surface area contributed by atoms with Crippen molar-refractivity contribution in [2.75, 3.05) is 25.8 Å². The first-order valence-electron chi connectivity index (χ1n) is 8.15. The number of hydrazone groups is 1. The average molecular weight is 345 g/mol. The van der Waals surface area contributed by atoms with Crippen molar-refractivity contribution in [2.45, 2.75) is 26.7 Å². The number of hydrogen-bond donors (Lipinski definition) is 0. The Hall–Kier alpha value is -2.70. The molecule has 0 aromatic heterocycles. The molecule has 1 heterocycles. The van der Waals surface area contributed by atoms with Gasteiger partial charge in [0.05, 0.1) is 32.0 Å². The normalized spacial score (nSPS) is 17.5. The van der Waals surface area contributed by atoms with E-state index in [1.54, 1.807) is 38.3 Å². The molecule has 0 N–H and O–H groups in total. The maximum Gasteiger partial charge on any atom is 0.311 e. The van der Waals surface area contributed by atoms with E-state index in [2.05, 4.69) is 10.1 Å². The van der Waals surface area contributed by atoms with Gasteiger partial charge in [-0.25, -0.2) is 0 Å². The second kappa shape index (κ2) is 8.41. The van der Waals surface area contributed by atoms with Crippen molar-refractivity contribution in [3.63, 3.8) is 0 Å². The van der Waals surface area contributed by atoms with Crippen LogP contribution in [0.1, 0.15) is 26.7 Å². The molecule has 1 atom stereocenters. The Balaban J connectivity index is 2.34. The Morgan fingerprint density at radius 2 is 1.96 bits per heavy atom. The summed E-state index contributed by atoms with van der Waals surface area (Å²) in [5.74, 6) is -0.600. The van der Waals surface area contributed by atoms with Crippen molar-refractivity contribution in [3.8, 4) is 5.75 Å². The second-order valence-electron chi connectivity index (χ2n) is 5.65.